The molecule has 2 aromatic heterocycles. The Labute approximate surface area is 240 Å². The van der Waals surface area contributed by atoms with Crippen molar-refractivity contribution in [1.29, 1.82) is 0 Å². The maximum atomic E-state index is 14.8. The largest absolute Gasteiger partial charge is 0.476 e. The third kappa shape index (κ3) is 6.97. The van der Waals surface area contributed by atoms with Gasteiger partial charge in [-0.25, -0.2) is 36.8 Å². The number of benzene rings is 1. The lowest BCUT2D eigenvalue weighted by molar-refractivity contribution is 0.0616. The molecule has 13 heteroatoms. The average Bonchev–Trinajstić information content (AvgIpc) is 3.81. The third-order valence-electron chi connectivity index (χ3n) is 7.02. The van der Waals surface area contributed by atoms with Crippen LogP contribution in [-0.4, -0.2) is 46.5 Å². The van der Waals surface area contributed by atoms with Crippen molar-refractivity contribution in [1.82, 2.24) is 14.8 Å². The predicted molar refractivity (Wildman–Crippen MR) is 150 cm³/mol. The minimum Gasteiger partial charge on any atom is -0.476 e. The highest BCUT2D eigenvalue weighted by molar-refractivity contribution is 7.89. The highest BCUT2D eigenvalue weighted by Gasteiger charge is 2.30. The minimum atomic E-state index is -4.23. The molecule has 3 N–H and O–H groups in total. The Kier molecular flexibility index (Phi) is 8.24. The number of aromatic nitrogens is 3. The van der Waals surface area contributed by atoms with Gasteiger partial charge in [-0.05, 0) is 81.2 Å². The van der Waals surface area contributed by atoms with E-state index < -0.39 is 38.6 Å². The van der Waals surface area contributed by atoms with Gasteiger partial charge in [-0.15, -0.1) is 11.3 Å². The normalized spacial score (nSPS) is 17.2. The first-order valence-corrected chi connectivity index (χ1v) is 15.6. The monoisotopic (exact) mass is 604 g/mol. The topological polar surface area (TPSA) is 137 Å². The van der Waals surface area contributed by atoms with Crippen molar-refractivity contribution in [3.05, 3.63) is 75.6 Å². The van der Waals surface area contributed by atoms with E-state index >= 15 is 0 Å². The zero-order valence-corrected chi connectivity index (χ0v) is 24.1. The molecule has 1 aromatic carbocycles. The Morgan fingerprint density at radius 3 is 2.61 bits per heavy atom. The number of primary sulfonamides is 1. The molecule has 0 bridgehead atoms. The summed E-state index contributed by atoms with van der Waals surface area (Å²) in [5.41, 5.74) is 3.04. The number of nitrogens with zero attached hydrogens (tertiary/aromatic N) is 3. The second kappa shape index (κ2) is 11.6. The maximum absolute atomic E-state index is 14.8. The fourth-order valence-electron chi connectivity index (χ4n) is 4.48. The molecule has 218 valence electrons. The first kappa shape index (κ1) is 29.2. The molecule has 0 saturated heterocycles. The maximum Gasteiger partial charge on any atom is 0.355 e. The molecule has 2 heterocycles. The molecule has 2 aliphatic carbocycles. The summed E-state index contributed by atoms with van der Waals surface area (Å²) < 4.78 is 60.2. The van der Waals surface area contributed by atoms with E-state index in [0.717, 1.165) is 60.4 Å². The quantitative estimate of drug-likeness (QED) is 0.272. The number of carboxylic acids is 1. The van der Waals surface area contributed by atoms with E-state index in [1.807, 2.05) is 0 Å². The van der Waals surface area contributed by atoms with Crippen LogP contribution in [0.4, 0.5) is 8.78 Å². The lowest BCUT2D eigenvalue weighted by Crippen LogP contribution is -2.14. The first-order chi connectivity index (χ1) is 19.4. The molecule has 0 aliphatic heterocycles. The molecule has 0 amide bonds. The van der Waals surface area contributed by atoms with Crippen LogP contribution in [0.2, 0.25) is 0 Å². The van der Waals surface area contributed by atoms with Gasteiger partial charge in [-0.2, -0.15) is 5.10 Å². The Morgan fingerprint density at radius 2 is 2.02 bits per heavy atom. The second-order valence-electron chi connectivity index (χ2n) is 10.5. The van der Waals surface area contributed by atoms with Gasteiger partial charge in [0.25, 0.3) is 0 Å². The molecule has 2 fully saturated rings. The van der Waals surface area contributed by atoms with Crippen LogP contribution in [-0.2, 0) is 27.6 Å². The summed E-state index contributed by atoms with van der Waals surface area (Å²) in [4.78, 5) is 15.2. The van der Waals surface area contributed by atoms with Gasteiger partial charge >= 0.3 is 5.97 Å². The number of aromatic carboxylic acids is 1. The summed E-state index contributed by atoms with van der Waals surface area (Å²) in [7, 11) is -4.23. The average molecular weight is 605 g/mol. The third-order valence-corrected chi connectivity index (χ3v) is 8.78. The summed E-state index contributed by atoms with van der Waals surface area (Å²) in [5, 5.41) is 21.1. The number of nitrogens with two attached hydrogens (primary N) is 1. The number of sulfonamides is 1. The van der Waals surface area contributed by atoms with E-state index in [1.54, 1.807) is 24.6 Å². The van der Waals surface area contributed by atoms with Gasteiger partial charge in [0, 0.05) is 17.4 Å². The van der Waals surface area contributed by atoms with Gasteiger partial charge < -0.3 is 9.84 Å². The van der Waals surface area contributed by atoms with Gasteiger partial charge in [-0.1, -0.05) is 12.1 Å². The van der Waals surface area contributed by atoms with E-state index in [0.29, 0.717) is 34.3 Å². The van der Waals surface area contributed by atoms with E-state index in [1.165, 1.54) is 17.5 Å². The number of hydrogen-bond acceptors (Lipinski definition) is 7. The van der Waals surface area contributed by atoms with Crippen LogP contribution < -0.4 is 5.14 Å². The predicted octanol–water partition coefficient (Wildman–Crippen LogP) is 5.18. The van der Waals surface area contributed by atoms with Crippen LogP contribution in [0.5, 0.6) is 0 Å². The Morgan fingerprint density at radius 1 is 1.29 bits per heavy atom. The van der Waals surface area contributed by atoms with E-state index in [-0.39, 0.29) is 18.2 Å². The van der Waals surface area contributed by atoms with Gasteiger partial charge in [0.1, 0.15) is 22.6 Å². The summed E-state index contributed by atoms with van der Waals surface area (Å²) in [6.07, 6.45) is 7.09. The van der Waals surface area contributed by atoms with Gasteiger partial charge in [-0.3, -0.25) is 0 Å². The van der Waals surface area contributed by atoms with E-state index in [9.17, 15) is 27.1 Å². The van der Waals surface area contributed by atoms with Crippen molar-refractivity contribution in [3.63, 3.8) is 0 Å². The summed E-state index contributed by atoms with van der Waals surface area (Å²) in [5.74, 6) is -2.15. The van der Waals surface area contributed by atoms with Crippen LogP contribution in [0.25, 0.3) is 10.7 Å². The summed E-state index contributed by atoms with van der Waals surface area (Å²) in [6, 6.07) is 3.75. The second-order valence-corrected chi connectivity index (χ2v) is 12.9. The Hall–Kier alpha value is -3.26. The van der Waals surface area contributed by atoms with Crippen LogP contribution in [0.3, 0.4) is 0 Å². The van der Waals surface area contributed by atoms with E-state index in [4.69, 9.17) is 15.0 Å². The highest BCUT2D eigenvalue weighted by atomic mass is 32.2. The van der Waals surface area contributed by atoms with Gasteiger partial charge in [0.15, 0.2) is 5.69 Å². The van der Waals surface area contributed by atoms with E-state index in [2.05, 4.69) is 4.98 Å². The van der Waals surface area contributed by atoms with Crippen LogP contribution in [0.15, 0.2) is 46.5 Å². The molecule has 9 nitrogen and oxygen atoms in total. The molecule has 1 atom stereocenters. The summed E-state index contributed by atoms with van der Waals surface area (Å²) >= 11 is 1.13. The molecule has 5 rings (SSSR count). The van der Waals surface area contributed by atoms with Crippen molar-refractivity contribution in [2.24, 2.45) is 11.1 Å². The van der Waals surface area contributed by atoms with Crippen molar-refractivity contribution in [2.75, 3.05) is 0 Å². The molecule has 3 aromatic rings. The Bertz CT molecular complexity index is 1650. The molecule has 0 spiro atoms. The standard InChI is InChI=1S/C28H30F2N4O5S2/c1-15(3-9-21(29)16(2)39-19-7-8-19)26-20(11-18-6-10-25(22(30)12-18)41(31,37)38)24(13-17-4-5-17)34(33-26)28-32-23(14-40-28)27(35)36/h3,6,9-10,12,14,16-17,19H,4-5,7-8,11,13H2,1-2H3,(H,35,36)(H2,31,37,38)/b15-3+,21-9+. The van der Waals surface area contributed by atoms with Gasteiger partial charge in [0.05, 0.1) is 17.5 Å². The van der Waals surface area contributed by atoms with Gasteiger partial charge in [0.2, 0.25) is 15.2 Å². The lowest BCUT2D eigenvalue weighted by Gasteiger charge is -2.10. The first-order valence-electron chi connectivity index (χ1n) is 13.2. The number of carbonyl (C=O) groups is 1. The highest BCUT2D eigenvalue weighted by Crippen LogP contribution is 2.37. The van der Waals surface area contributed by atoms with Crippen molar-refractivity contribution in [3.8, 4) is 5.13 Å². The summed E-state index contributed by atoms with van der Waals surface area (Å²) in [6.45, 7) is 3.44. The smallest absolute Gasteiger partial charge is 0.355 e. The number of thiazole rings is 1. The zero-order chi connectivity index (χ0) is 29.5. The van der Waals surface area contributed by atoms with Crippen molar-refractivity contribution in [2.45, 2.75) is 69.5 Å². The molecular weight excluding hydrogens is 574 g/mol. The van der Waals surface area contributed by atoms with Crippen molar-refractivity contribution < 1.29 is 31.8 Å². The molecule has 2 aliphatic rings. The lowest BCUT2D eigenvalue weighted by atomic mass is 9.97. The molecule has 41 heavy (non-hydrogen) atoms. The number of halogens is 2. The van der Waals surface area contributed by atoms with Crippen LogP contribution >= 0.6 is 11.3 Å². The number of allylic oxidation sites excluding steroid dienone is 3. The molecule has 2 saturated carbocycles. The zero-order valence-electron chi connectivity index (χ0n) is 22.5. The fourth-order valence-corrected chi connectivity index (χ4v) is 5.84. The minimum absolute atomic E-state index is 0.0940. The molecular formula is C28H30F2N4O5S2. The number of rotatable bonds is 12. The van der Waals surface area contributed by atoms with Crippen LogP contribution in [0, 0.1) is 11.7 Å². The van der Waals surface area contributed by atoms with Crippen LogP contribution in [0.1, 0.15) is 72.5 Å². The Balaban J connectivity index is 1.59. The SMILES string of the molecule is C/C(=C\C=C(\F)C(C)OC1CC1)c1nn(-c2nc(C(=O)O)cs2)c(CC2CC2)c1Cc1ccc(S(N)(=O)=O)c(F)c1. The number of ether oxygens (including phenoxy) is 1. The molecule has 0 radical (unpaired) electrons. The fraction of sp³-hybridized carbons (Fsp3) is 0.393. The number of hydrogen-bond donors (Lipinski definition) is 2. The van der Waals surface area contributed by atoms with Crippen molar-refractivity contribution >= 4 is 32.9 Å². The number of carboxylic acid groups (broad SMARTS) is 1. The molecule has 1 unspecified atom stereocenters.